The van der Waals surface area contributed by atoms with Crippen LogP contribution in [0.15, 0.2) is 41.4 Å². The van der Waals surface area contributed by atoms with E-state index < -0.39 is 0 Å². The van der Waals surface area contributed by atoms with Crippen LogP contribution in [0.2, 0.25) is 0 Å². The molecule has 0 radical (unpaired) electrons. The number of nitrogens with zero attached hydrogens (tertiary/aromatic N) is 2. The highest BCUT2D eigenvalue weighted by Gasteiger charge is 2.26. The number of halogens is 1. The fraction of sp³-hybridized carbons (Fsp3) is 0.500. The van der Waals surface area contributed by atoms with Crippen LogP contribution in [0, 0.1) is 6.92 Å². The van der Waals surface area contributed by atoms with E-state index >= 15 is 0 Å². The van der Waals surface area contributed by atoms with E-state index in [0.717, 1.165) is 17.9 Å². The van der Waals surface area contributed by atoms with Crippen molar-refractivity contribution < 1.29 is 9.53 Å². The summed E-state index contributed by atoms with van der Waals surface area (Å²) >= 11 is 1.84. The first-order valence-electron chi connectivity index (χ1n) is 10.9. The molecule has 0 saturated carbocycles. The average Bonchev–Trinajstić information content (AvgIpc) is 3.14. The number of guanidine groups is 1. The largest absolute Gasteiger partial charge is 0.372 e. The van der Waals surface area contributed by atoms with Gasteiger partial charge in [0.25, 0.3) is 5.91 Å². The number of nitrogens with one attached hydrogen (secondary N) is 2. The first-order chi connectivity index (χ1) is 14.8. The lowest BCUT2D eigenvalue weighted by Gasteiger charge is -2.35. The van der Waals surface area contributed by atoms with Crippen LogP contribution in [-0.4, -0.2) is 55.2 Å². The van der Waals surface area contributed by atoms with Gasteiger partial charge in [-0.1, -0.05) is 12.1 Å². The van der Waals surface area contributed by atoms with Crippen molar-refractivity contribution in [2.24, 2.45) is 4.99 Å². The van der Waals surface area contributed by atoms with Crippen molar-refractivity contribution in [1.29, 1.82) is 0 Å². The molecule has 1 aliphatic rings. The summed E-state index contributed by atoms with van der Waals surface area (Å²) in [6.45, 7) is 10.2. The molecular formula is C24H35IN4O2S. The maximum absolute atomic E-state index is 12.8. The number of carbonyl (C=O) groups excluding carboxylic acids is 1. The summed E-state index contributed by atoms with van der Waals surface area (Å²) in [6.07, 6.45) is 1.11. The number of benzene rings is 1. The minimum absolute atomic E-state index is 0. The SMILES string of the molecule is CN=C(NCc1ccc(C(=O)N2CC(C)OC(C)C2)cc1)NC(C)Cc1ccc(C)s1.I. The zero-order valence-corrected chi connectivity index (χ0v) is 22.7. The fourth-order valence-electron chi connectivity index (χ4n) is 3.85. The molecule has 1 saturated heterocycles. The summed E-state index contributed by atoms with van der Waals surface area (Å²) in [5, 5.41) is 6.81. The minimum atomic E-state index is 0. The highest BCUT2D eigenvalue weighted by molar-refractivity contribution is 14.0. The van der Waals surface area contributed by atoms with Gasteiger partial charge in [-0.2, -0.15) is 0 Å². The van der Waals surface area contributed by atoms with Gasteiger partial charge >= 0.3 is 0 Å². The lowest BCUT2D eigenvalue weighted by Crippen LogP contribution is -2.48. The number of aliphatic imine (C=N–C) groups is 1. The Morgan fingerprint density at radius 2 is 1.84 bits per heavy atom. The topological polar surface area (TPSA) is 66.0 Å². The summed E-state index contributed by atoms with van der Waals surface area (Å²) in [5.41, 5.74) is 1.82. The van der Waals surface area contributed by atoms with Gasteiger partial charge in [-0.15, -0.1) is 35.3 Å². The Balaban J connectivity index is 0.00000363. The Labute approximate surface area is 212 Å². The van der Waals surface area contributed by atoms with E-state index in [9.17, 15) is 4.79 Å². The van der Waals surface area contributed by atoms with Crippen molar-refractivity contribution in [3.8, 4) is 0 Å². The van der Waals surface area contributed by atoms with E-state index in [1.807, 2.05) is 54.3 Å². The molecule has 0 spiro atoms. The number of amides is 1. The molecule has 2 aromatic rings. The number of hydrogen-bond acceptors (Lipinski definition) is 4. The van der Waals surface area contributed by atoms with Crippen molar-refractivity contribution in [1.82, 2.24) is 15.5 Å². The summed E-state index contributed by atoms with van der Waals surface area (Å²) in [6, 6.07) is 12.4. The molecule has 1 fully saturated rings. The number of carbonyl (C=O) groups is 1. The maximum Gasteiger partial charge on any atom is 0.254 e. The van der Waals surface area contributed by atoms with Crippen LogP contribution in [0.5, 0.6) is 0 Å². The van der Waals surface area contributed by atoms with E-state index in [1.165, 1.54) is 9.75 Å². The molecular weight excluding hydrogens is 535 g/mol. The third-order valence-corrected chi connectivity index (χ3v) is 6.30. The van der Waals surface area contributed by atoms with Crippen LogP contribution in [0.4, 0.5) is 0 Å². The lowest BCUT2D eigenvalue weighted by atomic mass is 10.1. The summed E-state index contributed by atoms with van der Waals surface area (Å²) in [7, 11) is 1.78. The second kappa shape index (κ2) is 12.6. The smallest absolute Gasteiger partial charge is 0.254 e. The molecule has 6 nitrogen and oxygen atoms in total. The Morgan fingerprint density at radius 1 is 1.19 bits per heavy atom. The van der Waals surface area contributed by atoms with Gasteiger partial charge in [0.2, 0.25) is 0 Å². The van der Waals surface area contributed by atoms with Gasteiger partial charge < -0.3 is 20.3 Å². The molecule has 8 heteroatoms. The molecule has 1 aromatic heterocycles. The molecule has 1 aromatic carbocycles. The van der Waals surface area contributed by atoms with Crippen molar-refractivity contribution in [2.45, 2.75) is 58.9 Å². The van der Waals surface area contributed by atoms with E-state index in [0.29, 0.717) is 25.2 Å². The van der Waals surface area contributed by atoms with Crippen molar-refractivity contribution in [3.05, 3.63) is 57.3 Å². The van der Waals surface area contributed by atoms with Gasteiger partial charge in [-0.05, 0) is 57.5 Å². The Hall–Kier alpha value is -1.65. The number of morpholine rings is 1. The van der Waals surface area contributed by atoms with Gasteiger partial charge in [-0.3, -0.25) is 9.79 Å². The molecule has 2 heterocycles. The number of aryl methyl sites for hydroxylation is 1. The quantitative estimate of drug-likeness (QED) is 0.310. The zero-order chi connectivity index (χ0) is 22.4. The summed E-state index contributed by atoms with van der Waals surface area (Å²) in [4.78, 5) is 21.7. The van der Waals surface area contributed by atoms with Gasteiger partial charge in [0.15, 0.2) is 5.96 Å². The van der Waals surface area contributed by atoms with Crippen LogP contribution in [0.25, 0.3) is 0 Å². The monoisotopic (exact) mass is 570 g/mol. The first-order valence-corrected chi connectivity index (χ1v) is 11.7. The Bertz CT molecular complexity index is 890. The van der Waals surface area contributed by atoms with Crippen molar-refractivity contribution in [2.75, 3.05) is 20.1 Å². The van der Waals surface area contributed by atoms with E-state index in [2.05, 4.69) is 41.6 Å². The van der Waals surface area contributed by atoms with Crippen LogP contribution < -0.4 is 10.6 Å². The average molecular weight is 571 g/mol. The van der Waals surface area contributed by atoms with Crippen molar-refractivity contribution >= 4 is 47.2 Å². The molecule has 0 bridgehead atoms. The van der Waals surface area contributed by atoms with Crippen LogP contribution in [0.1, 0.15) is 46.4 Å². The molecule has 1 aliphatic heterocycles. The highest BCUT2D eigenvalue weighted by Crippen LogP contribution is 2.17. The van der Waals surface area contributed by atoms with Crippen LogP contribution in [0.3, 0.4) is 0 Å². The Kier molecular flexibility index (Phi) is 10.4. The van der Waals surface area contributed by atoms with Gasteiger partial charge in [0, 0.05) is 54.5 Å². The third-order valence-electron chi connectivity index (χ3n) is 5.28. The number of hydrogen-bond donors (Lipinski definition) is 2. The zero-order valence-electron chi connectivity index (χ0n) is 19.6. The lowest BCUT2D eigenvalue weighted by molar-refractivity contribution is -0.0586. The molecule has 3 atom stereocenters. The van der Waals surface area contributed by atoms with Crippen LogP contribution >= 0.6 is 35.3 Å². The first kappa shape index (κ1) is 26.6. The number of rotatable bonds is 6. The normalized spacial score (nSPS) is 19.8. The van der Waals surface area contributed by atoms with Gasteiger partial charge in [0.05, 0.1) is 12.2 Å². The molecule has 32 heavy (non-hydrogen) atoms. The maximum atomic E-state index is 12.8. The van der Waals surface area contributed by atoms with E-state index in [1.54, 1.807) is 7.05 Å². The minimum Gasteiger partial charge on any atom is -0.372 e. The predicted octanol–water partition coefficient (Wildman–Crippen LogP) is 4.22. The third kappa shape index (κ3) is 7.74. The second-order valence-electron chi connectivity index (χ2n) is 8.35. The van der Waals surface area contributed by atoms with Crippen molar-refractivity contribution in [3.63, 3.8) is 0 Å². The molecule has 0 aliphatic carbocycles. The van der Waals surface area contributed by atoms with E-state index in [-0.39, 0.29) is 48.1 Å². The van der Waals surface area contributed by atoms with Crippen LogP contribution in [-0.2, 0) is 17.7 Å². The molecule has 2 N–H and O–H groups in total. The highest BCUT2D eigenvalue weighted by atomic mass is 127. The molecule has 3 rings (SSSR count). The predicted molar refractivity (Wildman–Crippen MR) is 143 cm³/mol. The molecule has 176 valence electrons. The molecule has 3 unspecified atom stereocenters. The van der Waals surface area contributed by atoms with Gasteiger partial charge in [-0.25, -0.2) is 0 Å². The summed E-state index contributed by atoms with van der Waals surface area (Å²) < 4.78 is 5.73. The standard InChI is InChI=1S/C24H34N4O2S.HI/c1-16(12-22-11-6-19(4)31-22)27-24(25-5)26-13-20-7-9-21(10-8-20)23(29)28-14-17(2)30-18(3)15-28;/h6-11,16-18H,12-15H2,1-5H3,(H2,25,26,27);1H. The fourth-order valence-corrected chi connectivity index (χ4v) is 4.87. The van der Waals surface area contributed by atoms with Gasteiger partial charge in [0.1, 0.15) is 0 Å². The molecule has 1 amide bonds. The Morgan fingerprint density at radius 3 is 2.41 bits per heavy atom. The number of thiophene rings is 1. The second-order valence-corrected chi connectivity index (χ2v) is 9.72. The summed E-state index contributed by atoms with van der Waals surface area (Å²) in [5.74, 6) is 0.842. The van der Waals surface area contributed by atoms with E-state index in [4.69, 9.17) is 4.74 Å². The number of ether oxygens (including phenoxy) is 1.